The van der Waals surface area contributed by atoms with E-state index in [9.17, 15) is 9.59 Å². The van der Waals surface area contributed by atoms with Gasteiger partial charge >= 0.3 is 6.03 Å². The maximum atomic E-state index is 11.8. The zero-order valence-corrected chi connectivity index (χ0v) is 13.0. The average Bonchev–Trinajstić information content (AvgIpc) is 2.36. The van der Waals surface area contributed by atoms with Gasteiger partial charge in [0.05, 0.1) is 6.54 Å². The van der Waals surface area contributed by atoms with E-state index in [0.29, 0.717) is 25.0 Å². The number of amides is 3. The Morgan fingerprint density at radius 3 is 2.38 bits per heavy atom. The Kier molecular flexibility index (Phi) is 5.96. The SMILES string of the molecule is CC(C)CNC(=O)NC(=O)CN1CCN(C2CNC2)CC1. The van der Waals surface area contributed by atoms with Gasteiger partial charge in [-0.3, -0.25) is 19.9 Å². The van der Waals surface area contributed by atoms with E-state index in [-0.39, 0.29) is 5.91 Å². The van der Waals surface area contributed by atoms with E-state index in [1.165, 1.54) is 0 Å². The second-order valence-electron chi connectivity index (χ2n) is 6.28. The summed E-state index contributed by atoms with van der Waals surface area (Å²) in [6, 6.07) is 0.274. The minimum atomic E-state index is -0.395. The number of urea groups is 1. The first-order valence-corrected chi connectivity index (χ1v) is 7.79. The van der Waals surface area contributed by atoms with Crippen LogP contribution in [0, 0.1) is 5.92 Å². The van der Waals surface area contributed by atoms with Gasteiger partial charge in [0.15, 0.2) is 0 Å². The molecule has 2 rings (SSSR count). The molecular formula is C14H27N5O2. The van der Waals surface area contributed by atoms with Crippen molar-refractivity contribution in [1.82, 2.24) is 25.8 Å². The van der Waals surface area contributed by atoms with Crippen LogP contribution in [0.25, 0.3) is 0 Å². The highest BCUT2D eigenvalue weighted by Gasteiger charge is 2.28. The summed E-state index contributed by atoms with van der Waals surface area (Å²) >= 11 is 0. The summed E-state index contributed by atoms with van der Waals surface area (Å²) in [5.41, 5.74) is 0. The van der Waals surface area contributed by atoms with Crippen LogP contribution in [-0.4, -0.2) is 80.1 Å². The summed E-state index contributed by atoms with van der Waals surface area (Å²) in [6.07, 6.45) is 0. The molecule has 0 unspecified atom stereocenters. The van der Waals surface area contributed by atoms with Crippen molar-refractivity contribution in [2.24, 2.45) is 5.92 Å². The summed E-state index contributed by atoms with van der Waals surface area (Å²) in [5, 5.41) is 8.35. The van der Waals surface area contributed by atoms with Crippen LogP contribution < -0.4 is 16.0 Å². The van der Waals surface area contributed by atoms with Crippen LogP contribution in [0.1, 0.15) is 13.8 Å². The number of rotatable bonds is 5. The molecule has 3 N–H and O–H groups in total. The first-order chi connectivity index (χ1) is 10.0. The zero-order valence-electron chi connectivity index (χ0n) is 13.0. The summed E-state index contributed by atoms with van der Waals surface area (Å²) < 4.78 is 0. The van der Waals surface area contributed by atoms with Crippen LogP contribution >= 0.6 is 0 Å². The van der Waals surface area contributed by atoms with Gasteiger partial charge in [-0.25, -0.2) is 4.79 Å². The smallest absolute Gasteiger partial charge is 0.321 e. The Morgan fingerprint density at radius 2 is 1.86 bits per heavy atom. The molecule has 0 radical (unpaired) electrons. The molecular weight excluding hydrogens is 270 g/mol. The van der Waals surface area contributed by atoms with Gasteiger partial charge in [-0.1, -0.05) is 13.8 Å². The van der Waals surface area contributed by atoms with Crippen LogP contribution in [0.15, 0.2) is 0 Å². The molecule has 0 aliphatic carbocycles. The van der Waals surface area contributed by atoms with Crippen LogP contribution in [0.5, 0.6) is 0 Å². The van der Waals surface area contributed by atoms with E-state index in [2.05, 4.69) is 25.8 Å². The van der Waals surface area contributed by atoms with E-state index < -0.39 is 6.03 Å². The fourth-order valence-electron chi connectivity index (χ4n) is 2.53. The number of hydrogen-bond donors (Lipinski definition) is 3. The molecule has 2 fully saturated rings. The maximum Gasteiger partial charge on any atom is 0.321 e. The van der Waals surface area contributed by atoms with Gasteiger partial charge in [-0.15, -0.1) is 0 Å². The average molecular weight is 297 g/mol. The van der Waals surface area contributed by atoms with E-state index in [4.69, 9.17) is 0 Å². The van der Waals surface area contributed by atoms with Crippen molar-refractivity contribution < 1.29 is 9.59 Å². The van der Waals surface area contributed by atoms with Crippen LogP contribution in [-0.2, 0) is 4.79 Å². The second-order valence-corrected chi connectivity index (χ2v) is 6.28. The number of imide groups is 1. The van der Waals surface area contributed by atoms with Gasteiger partial charge in [0.1, 0.15) is 0 Å². The molecule has 0 saturated carbocycles. The number of carbonyl (C=O) groups is 2. The molecule has 0 spiro atoms. The van der Waals surface area contributed by atoms with Gasteiger partial charge in [-0.05, 0) is 5.92 Å². The van der Waals surface area contributed by atoms with Gasteiger partial charge in [0.25, 0.3) is 0 Å². The molecule has 120 valence electrons. The van der Waals surface area contributed by atoms with Crippen molar-refractivity contribution in [2.75, 3.05) is 52.4 Å². The van der Waals surface area contributed by atoms with Crippen molar-refractivity contribution in [2.45, 2.75) is 19.9 Å². The molecule has 0 aromatic rings. The fraction of sp³-hybridized carbons (Fsp3) is 0.857. The molecule has 21 heavy (non-hydrogen) atoms. The van der Waals surface area contributed by atoms with Crippen molar-refractivity contribution >= 4 is 11.9 Å². The molecule has 2 saturated heterocycles. The lowest BCUT2D eigenvalue weighted by molar-refractivity contribution is -0.121. The van der Waals surface area contributed by atoms with Crippen LogP contribution in [0.3, 0.4) is 0 Å². The number of carbonyl (C=O) groups excluding carboxylic acids is 2. The molecule has 2 aliphatic heterocycles. The fourth-order valence-corrected chi connectivity index (χ4v) is 2.53. The predicted octanol–water partition coefficient (Wildman–Crippen LogP) is -0.942. The lowest BCUT2D eigenvalue weighted by Crippen LogP contribution is -2.62. The third-order valence-electron chi connectivity index (χ3n) is 3.97. The molecule has 3 amide bonds. The monoisotopic (exact) mass is 297 g/mol. The van der Waals surface area contributed by atoms with Crippen LogP contribution in [0.4, 0.5) is 4.79 Å². The van der Waals surface area contributed by atoms with E-state index in [1.54, 1.807) is 0 Å². The second kappa shape index (κ2) is 7.72. The highest BCUT2D eigenvalue weighted by atomic mass is 16.2. The molecule has 7 heteroatoms. The molecule has 2 heterocycles. The van der Waals surface area contributed by atoms with Crippen molar-refractivity contribution in [3.05, 3.63) is 0 Å². The summed E-state index contributed by atoms with van der Waals surface area (Å²) in [6.45, 7) is 10.8. The first kappa shape index (κ1) is 16.2. The van der Waals surface area contributed by atoms with E-state index in [1.807, 2.05) is 13.8 Å². The predicted molar refractivity (Wildman–Crippen MR) is 81.1 cm³/mol. The quantitative estimate of drug-likeness (QED) is 0.610. The molecule has 0 aromatic carbocycles. The molecule has 0 bridgehead atoms. The first-order valence-electron chi connectivity index (χ1n) is 7.79. The van der Waals surface area contributed by atoms with Crippen molar-refractivity contribution in [1.29, 1.82) is 0 Å². The van der Waals surface area contributed by atoms with Crippen molar-refractivity contribution in [3.63, 3.8) is 0 Å². The van der Waals surface area contributed by atoms with Gasteiger partial charge in [0, 0.05) is 51.9 Å². The van der Waals surface area contributed by atoms with Crippen LogP contribution in [0.2, 0.25) is 0 Å². The minimum Gasteiger partial charge on any atom is -0.338 e. The lowest BCUT2D eigenvalue weighted by Gasteiger charge is -2.43. The molecule has 0 atom stereocenters. The van der Waals surface area contributed by atoms with E-state index in [0.717, 1.165) is 39.3 Å². The molecule has 2 aliphatic rings. The van der Waals surface area contributed by atoms with Crippen molar-refractivity contribution in [3.8, 4) is 0 Å². The number of piperazine rings is 1. The standard InChI is InChI=1S/C14H27N5O2/c1-11(2)7-16-14(21)17-13(20)10-18-3-5-19(6-4-18)12-8-15-9-12/h11-12,15H,3-10H2,1-2H3,(H2,16,17,20,21). The molecule has 0 aromatic heterocycles. The Morgan fingerprint density at radius 1 is 1.19 bits per heavy atom. The minimum absolute atomic E-state index is 0.227. The van der Waals surface area contributed by atoms with Gasteiger partial charge in [-0.2, -0.15) is 0 Å². The normalized spacial score (nSPS) is 21.1. The third-order valence-corrected chi connectivity index (χ3v) is 3.97. The Bertz CT molecular complexity index is 362. The highest BCUT2D eigenvalue weighted by Crippen LogP contribution is 2.09. The lowest BCUT2D eigenvalue weighted by atomic mass is 10.1. The highest BCUT2D eigenvalue weighted by molar-refractivity contribution is 5.95. The zero-order chi connectivity index (χ0) is 15.2. The Labute approximate surface area is 126 Å². The molecule has 7 nitrogen and oxygen atoms in total. The van der Waals surface area contributed by atoms with Gasteiger partial charge < -0.3 is 10.6 Å². The largest absolute Gasteiger partial charge is 0.338 e. The summed E-state index contributed by atoms with van der Waals surface area (Å²) in [4.78, 5) is 27.9. The number of nitrogens with zero attached hydrogens (tertiary/aromatic N) is 2. The Hall–Kier alpha value is -1.18. The number of nitrogens with one attached hydrogen (secondary N) is 3. The summed E-state index contributed by atoms with van der Waals surface area (Å²) in [7, 11) is 0. The maximum absolute atomic E-state index is 11.8. The van der Waals surface area contributed by atoms with E-state index >= 15 is 0 Å². The Balaban J connectivity index is 1.61. The third kappa shape index (κ3) is 5.26. The van der Waals surface area contributed by atoms with Gasteiger partial charge in [0.2, 0.25) is 5.91 Å². The number of hydrogen-bond acceptors (Lipinski definition) is 5. The topological polar surface area (TPSA) is 76.7 Å². The summed E-state index contributed by atoms with van der Waals surface area (Å²) in [5.74, 6) is 0.148.